The second-order valence-electron chi connectivity index (χ2n) is 2.70. The lowest BCUT2D eigenvalue weighted by Gasteiger charge is -2.05. The van der Waals surface area contributed by atoms with Crippen molar-refractivity contribution in [3.05, 3.63) is 28.8 Å². The zero-order chi connectivity index (χ0) is 10.4. The van der Waals surface area contributed by atoms with Gasteiger partial charge >= 0.3 is 0 Å². The van der Waals surface area contributed by atoms with Crippen LogP contribution in [0.3, 0.4) is 0 Å². The van der Waals surface area contributed by atoms with E-state index in [0.717, 1.165) is 16.9 Å². The molecular weight excluding hydrogens is 220 g/mol. The lowest BCUT2D eigenvalue weighted by Crippen LogP contribution is -1.90. The van der Waals surface area contributed by atoms with E-state index < -0.39 is 0 Å². The van der Waals surface area contributed by atoms with Gasteiger partial charge in [0.1, 0.15) is 0 Å². The highest BCUT2D eigenvalue weighted by Crippen LogP contribution is 2.30. The van der Waals surface area contributed by atoms with E-state index in [9.17, 15) is 4.79 Å². The fourth-order valence-electron chi connectivity index (χ4n) is 1.01. The van der Waals surface area contributed by atoms with Gasteiger partial charge in [0.05, 0.1) is 5.02 Å². The first-order valence-corrected chi connectivity index (χ1v) is 5.63. The minimum Gasteiger partial charge on any atom is -0.396 e. The summed E-state index contributed by atoms with van der Waals surface area (Å²) in [5, 5.41) is 9.22. The largest absolute Gasteiger partial charge is 0.396 e. The first-order chi connectivity index (χ1) is 6.79. The van der Waals surface area contributed by atoms with E-state index in [2.05, 4.69) is 0 Å². The molecule has 0 heterocycles. The maximum Gasteiger partial charge on any atom is 0.151 e. The number of rotatable bonds is 5. The predicted molar refractivity (Wildman–Crippen MR) is 59.3 cm³/mol. The van der Waals surface area contributed by atoms with Gasteiger partial charge in [0.15, 0.2) is 6.29 Å². The zero-order valence-electron chi connectivity index (χ0n) is 7.57. The van der Waals surface area contributed by atoms with Crippen molar-refractivity contribution >= 4 is 29.6 Å². The highest BCUT2D eigenvalue weighted by Gasteiger charge is 2.06. The molecular formula is C10H11ClO2S. The van der Waals surface area contributed by atoms with E-state index in [4.69, 9.17) is 16.7 Å². The number of halogens is 1. The normalized spacial score (nSPS) is 10.1. The smallest absolute Gasteiger partial charge is 0.151 e. The van der Waals surface area contributed by atoms with Crippen molar-refractivity contribution in [1.82, 2.24) is 0 Å². The summed E-state index contributed by atoms with van der Waals surface area (Å²) in [6, 6.07) is 5.25. The highest BCUT2D eigenvalue weighted by atomic mass is 35.5. The van der Waals surface area contributed by atoms with Gasteiger partial charge in [-0.2, -0.15) is 0 Å². The van der Waals surface area contributed by atoms with Crippen molar-refractivity contribution in [2.45, 2.75) is 11.3 Å². The summed E-state index contributed by atoms with van der Waals surface area (Å²) in [4.78, 5) is 11.5. The predicted octanol–water partition coefficient (Wildman–Crippen LogP) is 2.63. The minimum atomic E-state index is 0.161. The third kappa shape index (κ3) is 3.01. The number of aliphatic hydroxyl groups is 1. The van der Waals surface area contributed by atoms with E-state index in [1.807, 2.05) is 0 Å². The van der Waals surface area contributed by atoms with Crippen molar-refractivity contribution in [3.63, 3.8) is 0 Å². The molecule has 4 heteroatoms. The Balaban J connectivity index is 2.77. The molecule has 0 spiro atoms. The van der Waals surface area contributed by atoms with Gasteiger partial charge < -0.3 is 5.11 Å². The summed E-state index contributed by atoms with van der Waals surface area (Å²) in [5.41, 5.74) is 0.612. The average Bonchev–Trinajstić information content (AvgIpc) is 2.20. The first kappa shape index (κ1) is 11.6. The molecule has 1 rings (SSSR count). The number of aliphatic hydroxyl groups excluding tert-OH is 1. The Hall–Kier alpha value is -0.510. The fourth-order valence-corrected chi connectivity index (χ4v) is 2.32. The van der Waals surface area contributed by atoms with Crippen LogP contribution in [0.5, 0.6) is 0 Å². The summed E-state index contributed by atoms with van der Waals surface area (Å²) in [6.07, 6.45) is 1.50. The summed E-state index contributed by atoms with van der Waals surface area (Å²) in [5.74, 6) is 0.765. The molecule has 0 aliphatic heterocycles. The van der Waals surface area contributed by atoms with Gasteiger partial charge in [-0.1, -0.05) is 23.7 Å². The van der Waals surface area contributed by atoms with Crippen LogP contribution in [0.15, 0.2) is 23.1 Å². The minimum absolute atomic E-state index is 0.161. The van der Waals surface area contributed by atoms with Crippen molar-refractivity contribution in [1.29, 1.82) is 0 Å². The van der Waals surface area contributed by atoms with Crippen molar-refractivity contribution < 1.29 is 9.90 Å². The van der Waals surface area contributed by atoms with Crippen molar-refractivity contribution in [3.8, 4) is 0 Å². The molecule has 0 aliphatic rings. The van der Waals surface area contributed by atoms with Gasteiger partial charge in [-0.05, 0) is 12.5 Å². The Morgan fingerprint density at radius 1 is 1.50 bits per heavy atom. The highest BCUT2D eigenvalue weighted by molar-refractivity contribution is 7.99. The third-order valence-corrected chi connectivity index (χ3v) is 3.34. The van der Waals surface area contributed by atoms with Crippen LogP contribution in [0.4, 0.5) is 0 Å². The van der Waals surface area contributed by atoms with Gasteiger partial charge in [0, 0.05) is 22.8 Å². The van der Waals surface area contributed by atoms with Crippen LogP contribution < -0.4 is 0 Å². The molecule has 1 aromatic rings. The number of aldehydes is 1. The number of thioether (sulfide) groups is 1. The number of benzene rings is 1. The van der Waals surface area contributed by atoms with Crippen LogP contribution in [0.2, 0.25) is 5.02 Å². The van der Waals surface area contributed by atoms with E-state index in [0.29, 0.717) is 17.0 Å². The quantitative estimate of drug-likeness (QED) is 0.480. The summed E-state index contributed by atoms with van der Waals surface area (Å²) in [7, 11) is 0. The van der Waals surface area contributed by atoms with Crippen LogP contribution in [-0.2, 0) is 0 Å². The molecule has 2 nitrogen and oxygen atoms in total. The summed E-state index contributed by atoms with van der Waals surface area (Å²) in [6.45, 7) is 0.161. The number of carbonyl (C=O) groups is 1. The molecule has 0 bridgehead atoms. The Morgan fingerprint density at radius 3 is 2.93 bits per heavy atom. The van der Waals surface area contributed by atoms with Crippen LogP contribution >= 0.6 is 23.4 Å². The second kappa shape index (κ2) is 6.06. The SMILES string of the molecule is O=Cc1cccc(Cl)c1SCCCO. The Morgan fingerprint density at radius 2 is 2.29 bits per heavy atom. The van der Waals surface area contributed by atoms with E-state index in [1.54, 1.807) is 18.2 Å². The van der Waals surface area contributed by atoms with Gasteiger partial charge in [0.25, 0.3) is 0 Å². The van der Waals surface area contributed by atoms with Crippen LogP contribution in [0, 0.1) is 0 Å². The molecule has 0 amide bonds. The standard InChI is InChI=1S/C10H11ClO2S/c11-9-4-1-3-8(7-13)10(9)14-6-2-5-12/h1,3-4,7,12H,2,5-6H2. The Kier molecular flexibility index (Phi) is 5.01. The molecule has 1 N–H and O–H groups in total. The maximum atomic E-state index is 10.7. The van der Waals surface area contributed by atoms with Gasteiger partial charge in [0.2, 0.25) is 0 Å². The first-order valence-electron chi connectivity index (χ1n) is 4.27. The molecule has 1 aromatic carbocycles. The lowest BCUT2D eigenvalue weighted by atomic mass is 10.2. The van der Waals surface area contributed by atoms with Crippen LogP contribution in [0.1, 0.15) is 16.8 Å². The van der Waals surface area contributed by atoms with Crippen molar-refractivity contribution in [2.24, 2.45) is 0 Å². The summed E-state index contributed by atoms with van der Waals surface area (Å²) >= 11 is 7.44. The topological polar surface area (TPSA) is 37.3 Å². The average molecular weight is 231 g/mol. The maximum absolute atomic E-state index is 10.7. The van der Waals surface area contributed by atoms with Crippen LogP contribution in [-0.4, -0.2) is 23.8 Å². The Labute approximate surface area is 92.3 Å². The molecule has 0 aromatic heterocycles. The van der Waals surface area contributed by atoms with Gasteiger partial charge in [-0.15, -0.1) is 11.8 Å². The molecule has 0 atom stereocenters. The van der Waals surface area contributed by atoms with E-state index in [1.165, 1.54) is 11.8 Å². The Bertz CT molecular complexity index is 315. The molecule has 0 saturated heterocycles. The second-order valence-corrected chi connectivity index (χ2v) is 4.21. The van der Waals surface area contributed by atoms with Gasteiger partial charge in [-0.25, -0.2) is 0 Å². The fraction of sp³-hybridized carbons (Fsp3) is 0.300. The summed E-state index contributed by atoms with van der Waals surface area (Å²) < 4.78 is 0. The van der Waals surface area contributed by atoms with E-state index >= 15 is 0 Å². The third-order valence-electron chi connectivity index (χ3n) is 1.67. The molecule has 0 saturated carbocycles. The van der Waals surface area contributed by atoms with Crippen molar-refractivity contribution in [2.75, 3.05) is 12.4 Å². The molecule has 0 aliphatic carbocycles. The molecule has 76 valence electrons. The number of hydrogen-bond acceptors (Lipinski definition) is 3. The monoisotopic (exact) mass is 230 g/mol. The number of carbonyl (C=O) groups excluding carboxylic acids is 1. The zero-order valence-corrected chi connectivity index (χ0v) is 9.14. The van der Waals surface area contributed by atoms with Gasteiger partial charge in [-0.3, -0.25) is 4.79 Å². The molecule has 0 fully saturated rings. The molecule has 14 heavy (non-hydrogen) atoms. The molecule has 0 unspecified atom stereocenters. The lowest BCUT2D eigenvalue weighted by molar-refractivity contribution is 0.112. The molecule has 0 radical (unpaired) electrons. The van der Waals surface area contributed by atoms with Crippen LogP contribution in [0.25, 0.3) is 0 Å². The van der Waals surface area contributed by atoms with E-state index in [-0.39, 0.29) is 6.61 Å². The number of hydrogen-bond donors (Lipinski definition) is 1.